The predicted molar refractivity (Wildman–Crippen MR) is 102 cm³/mol. The Bertz CT molecular complexity index is 829. The fourth-order valence-electron chi connectivity index (χ4n) is 2.86. The van der Waals surface area contributed by atoms with Gasteiger partial charge in [0.05, 0.1) is 12.0 Å². The van der Waals surface area contributed by atoms with Gasteiger partial charge in [0.2, 0.25) is 10.0 Å². The van der Waals surface area contributed by atoms with Gasteiger partial charge < -0.3 is 4.74 Å². The fraction of sp³-hybridized carbons (Fsp3) is 0.400. The number of benzene rings is 2. The number of aryl methyl sites for hydroxylation is 3. The van der Waals surface area contributed by atoms with Gasteiger partial charge in [0.1, 0.15) is 5.75 Å². The molecular weight excluding hydrogens is 334 g/mol. The third kappa shape index (κ3) is 4.61. The van der Waals surface area contributed by atoms with Crippen molar-refractivity contribution < 1.29 is 13.2 Å². The first kappa shape index (κ1) is 19.5. The van der Waals surface area contributed by atoms with Gasteiger partial charge in [-0.3, -0.25) is 0 Å². The van der Waals surface area contributed by atoms with Crippen LogP contribution in [0.4, 0.5) is 0 Å². The van der Waals surface area contributed by atoms with E-state index >= 15 is 0 Å². The molecule has 0 saturated heterocycles. The summed E-state index contributed by atoms with van der Waals surface area (Å²) in [4.78, 5) is 0.273. The van der Waals surface area contributed by atoms with Crippen LogP contribution in [0.1, 0.15) is 43.0 Å². The molecule has 136 valence electrons. The summed E-state index contributed by atoms with van der Waals surface area (Å²) in [7, 11) is -1.97. The summed E-state index contributed by atoms with van der Waals surface area (Å²) in [6.45, 7) is 6.45. The minimum Gasteiger partial charge on any atom is -0.496 e. The molecule has 0 amide bonds. The van der Waals surface area contributed by atoms with Gasteiger partial charge in [-0.25, -0.2) is 13.1 Å². The Labute approximate surface area is 151 Å². The van der Waals surface area contributed by atoms with Crippen molar-refractivity contribution in [1.29, 1.82) is 0 Å². The molecule has 0 aliphatic heterocycles. The molecule has 0 heterocycles. The van der Waals surface area contributed by atoms with Gasteiger partial charge in [0.25, 0.3) is 0 Å². The van der Waals surface area contributed by atoms with Gasteiger partial charge in [0.15, 0.2) is 0 Å². The normalized spacial score (nSPS) is 11.5. The van der Waals surface area contributed by atoms with Crippen molar-refractivity contribution in [3.05, 3.63) is 58.7 Å². The average molecular weight is 362 g/mol. The van der Waals surface area contributed by atoms with Crippen LogP contribution in [0.25, 0.3) is 0 Å². The Morgan fingerprint density at radius 3 is 2.20 bits per heavy atom. The molecule has 0 saturated carbocycles. The van der Waals surface area contributed by atoms with Gasteiger partial charge in [-0.1, -0.05) is 39.0 Å². The molecule has 4 nitrogen and oxygen atoms in total. The van der Waals surface area contributed by atoms with Crippen LogP contribution in [0.5, 0.6) is 5.75 Å². The highest BCUT2D eigenvalue weighted by atomic mass is 32.2. The van der Waals surface area contributed by atoms with Gasteiger partial charge in [-0.05, 0) is 59.7 Å². The highest BCUT2D eigenvalue weighted by molar-refractivity contribution is 7.89. The van der Waals surface area contributed by atoms with Crippen LogP contribution in [-0.4, -0.2) is 15.5 Å². The Morgan fingerprint density at radius 1 is 0.880 bits per heavy atom. The molecule has 0 atom stereocenters. The lowest BCUT2D eigenvalue weighted by Crippen LogP contribution is -2.24. The Kier molecular flexibility index (Phi) is 6.62. The molecule has 0 aliphatic carbocycles. The molecule has 0 aromatic heterocycles. The molecule has 2 aromatic carbocycles. The first-order chi connectivity index (χ1) is 11.9. The van der Waals surface area contributed by atoms with Gasteiger partial charge in [0, 0.05) is 6.54 Å². The molecule has 5 heteroatoms. The summed E-state index contributed by atoms with van der Waals surface area (Å²) < 4.78 is 33.4. The van der Waals surface area contributed by atoms with E-state index in [1.165, 1.54) is 11.1 Å². The molecule has 0 spiro atoms. The topological polar surface area (TPSA) is 55.4 Å². The molecule has 2 rings (SSSR count). The summed E-state index contributed by atoms with van der Waals surface area (Å²) in [5.74, 6) is 0.713. The fourth-order valence-corrected chi connectivity index (χ4v) is 3.92. The number of nitrogens with one attached hydrogen (secondary N) is 1. The summed E-state index contributed by atoms with van der Waals surface area (Å²) >= 11 is 0. The number of methoxy groups -OCH3 is 1. The third-order valence-corrected chi connectivity index (χ3v) is 5.85. The van der Waals surface area contributed by atoms with Crippen LogP contribution in [-0.2, 0) is 35.8 Å². The summed E-state index contributed by atoms with van der Waals surface area (Å²) in [6.07, 6.45) is 2.52. The molecular formula is C20H27NO3S. The van der Waals surface area contributed by atoms with E-state index in [1.54, 1.807) is 25.3 Å². The van der Waals surface area contributed by atoms with Crippen molar-refractivity contribution in [2.75, 3.05) is 7.11 Å². The minimum atomic E-state index is -3.57. The average Bonchev–Trinajstić information content (AvgIpc) is 2.65. The quantitative estimate of drug-likeness (QED) is 0.777. The van der Waals surface area contributed by atoms with Crippen molar-refractivity contribution in [2.24, 2.45) is 0 Å². The van der Waals surface area contributed by atoms with Gasteiger partial charge >= 0.3 is 0 Å². The molecule has 2 aromatic rings. The highest BCUT2D eigenvalue weighted by Gasteiger charge is 2.16. The zero-order valence-electron chi connectivity index (χ0n) is 15.4. The second-order valence-electron chi connectivity index (χ2n) is 5.96. The SMILES string of the molecule is CCc1ccc(CC)c(CNS(=O)(=O)c2ccc(OC)c(CC)c2)c1. The van der Waals surface area contributed by atoms with Crippen LogP contribution in [0.2, 0.25) is 0 Å². The Balaban J connectivity index is 2.25. The first-order valence-electron chi connectivity index (χ1n) is 8.72. The molecule has 1 N–H and O–H groups in total. The first-order valence-corrected chi connectivity index (χ1v) is 10.2. The van der Waals surface area contributed by atoms with E-state index in [-0.39, 0.29) is 4.90 Å². The zero-order chi connectivity index (χ0) is 18.4. The van der Waals surface area contributed by atoms with Crippen LogP contribution in [0.15, 0.2) is 41.3 Å². The smallest absolute Gasteiger partial charge is 0.240 e. The van der Waals surface area contributed by atoms with Crippen molar-refractivity contribution in [2.45, 2.75) is 51.5 Å². The number of sulfonamides is 1. The number of ether oxygens (including phenoxy) is 1. The molecule has 0 aliphatic rings. The van der Waals surface area contributed by atoms with Crippen molar-refractivity contribution >= 4 is 10.0 Å². The Hall–Kier alpha value is -1.85. The van der Waals surface area contributed by atoms with Gasteiger partial charge in [-0.15, -0.1) is 0 Å². The lowest BCUT2D eigenvalue weighted by atomic mass is 10.0. The van der Waals surface area contributed by atoms with Crippen molar-refractivity contribution in [3.8, 4) is 5.75 Å². The number of rotatable bonds is 8. The lowest BCUT2D eigenvalue weighted by molar-refractivity contribution is 0.409. The summed E-state index contributed by atoms with van der Waals surface area (Å²) in [6, 6.07) is 11.3. The second-order valence-corrected chi connectivity index (χ2v) is 7.73. The van der Waals surface area contributed by atoms with E-state index in [2.05, 4.69) is 36.8 Å². The molecule has 0 radical (unpaired) electrons. The van der Waals surface area contributed by atoms with Crippen molar-refractivity contribution in [1.82, 2.24) is 4.72 Å². The lowest BCUT2D eigenvalue weighted by Gasteiger charge is -2.13. The maximum absolute atomic E-state index is 12.7. The van der Waals surface area contributed by atoms with Gasteiger partial charge in [-0.2, -0.15) is 0 Å². The monoisotopic (exact) mass is 361 g/mol. The van der Waals surface area contributed by atoms with Crippen LogP contribution in [0, 0.1) is 0 Å². The van der Waals surface area contributed by atoms with E-state index in [1.807, 2.05) is 6.92 Å². The van der Waals surface area contributed by atoms with E-state index in [9.17, 15) is 8.42 Å². The molecule has 25 heavy (non-hydrogen) atoms. The largest absolute Gasteiger partial charge is 0.496 e. The van der Waals surface area contributed by atoms with Crippen LogP contribution >= 0.6 is 0 Å². The van der Waals surface area contributed by atoms with E-state index in [4.69, 9.17) is 4.74 Å². The Morgan fingerprint density at radius 2 is 1.60 bits per heavy atom. The van der Waals surface area contributed by atoms with Crippen LogP contribution < -0.4 is 9.46 Å². The standard InChI is InChI=1S/C20H27NO3S/c1-5-15-8-9-16(6-2)18(12-15)14-21-25(22,23)19-10-11-20(24-4)17(7-3)13-19/h8-13,21H,5-7,14H2,1-4H3. The minimum absolute atomic E-state index is 0.273. The van der Waals surface area contributed by atoms with Crippen LogP contribution in [0.3, 0.4) is 0 Å². The maximum atomic E-state index is 12.7. The van der Waals surface area contributed by atoms with Crippen molar-refractivity contribution in [3.63, 3.8) is 0 Å². The highest BCUT2D eigenvalue weighted by Crippen LogP contribution is 2.23. The molecule has 0 fully saturated rings. The van der Waals surface area contributed by atoms with E-state index in [0.29, 0.717) is 18.7 Å². The van der Waals surface area contributed by atoms with E-state index < -0.39 is 10.0 Å². The maximum Gasteiger partial charge on any atom is 0.240 e. The molecule has 0 unspecified atom stereocenters. The second kappa shape index (κ2) is 8.50. The van der Waals surface area contributed by atoms with E-state index in [0.717, 1.165) is 24.0 Å². The predicted octanol–water partition coefficient (Wildman–Crippen LogP) is 3.86. The number of hydrogen-bond acceptors (Lipinski definition) is 3. The summed E-state index contributed by atoms with van der Waals surface area (Å²) in [5.41, 5.74) is 4.30. The summed E-state index contributed by atoms with van der Waals surface area (Å²) in [5, 5.41) is 0. The molecule has 0 bridgehead atoms. The zero-order valence-corrected chi connectivity index (χ0v) is 16.2. The number of hydrogen-bond donors (Lipinski definition) is 1. The third-order valence-electron chi connectivity index (χ3n) is 4.46.